The van der Waals surface area contributed by atoms with Crippen molar-refractivity contribution in [1.29, 1.82) is 0 Å². The molecule has 5 atom stereocenters. The topological polar surface area (TPSA) is 221 Å². The van der Waals surface area contributed by atoms with Crippen LogP contribution < -0.4 is 21.3 Å². The zero-order chi connectivity index (χ0) is 36.4. The van der Waals surface area contributed by atoms with E-state index in [1.54, 1.807) is 30.3 Å². The summed E-state index contributed by atoms with van der Waals surface area (Å²) >= 11 is 0. The second kappa shape index (κ2) is 21.6. The van der Waals surface area contributed by atoms with Crippen molar-refractivity contribution in [3.8, 4) is 0 Å². The van der Waals surface area contributed by atoms with E-state index in [0.29, 0.717) is 54.3 Å². The van der Waals surface area contributed by atoms with Crippen molar-refractivity contribution in [3.05, 3.63) is 30.3 Å². The first kappa shape index (κ1) is 41.7. The molecule has 48 heavy (non-hydrogen) atoms. The third kappa shape index (κ3) is 13.4. The highest BCUT2D eigenvalue weighted by Crippen LogP contribution is 2.15. The number of unbranched alkanes of at least 4 members (excludes halogenated alkanes) is 3. The van der Waals surface area contributed by atoms with Gasteiger partial charge in [0.05, 0.1) is 0 Å². The molecule has 0 spiro atoms. The van der Waals surface area contributed by atoms with Crippen molar-refractivity contribution in [2.45, 2.75) is 118 Å². The van der Waals surface area contributed by atoms with Crippen molar-refractivity contribution in [2.75, 3.05) is 5.32 Å². The second-order valence-electron chi connectivity index (χ2n) is 11.6. The number of hydroxylamine groups is 6. The number of amides is 7. The zero-order valence-electron chi connectivity index (χ0n) is 28.8. The number of urea groups is 1. The number of hydrogen-bond donors (Lipinski definition) is 7. The molecule has 0 aliphatic rings. The van der Waals surface area contributed by atoms with Gasteiger partial charge in [-0.05, 0) is 64.5 Å². The molecule has 0 saturated carbocycles. The van der Waals surface area contributed by atoms with Crippen LogP contribution >= 0.6 is 0 Å². The summed E-state index contributed by atoms with van der Waals surface area (Å²) < 4.78 is 0. The van der Waals surface area contributed by atoms with E-state index in [1.807, 2.05) is 20.8 Å². The van der Waals surface area contributed by atoms with Crippen LogP contribution in [0.15, 0.2) is 30.3 Å². The fraction of sp³-hybridized carbons (Fsp3) is 0.625. The Morgan fingerprint density at radius 1 is 0.625 bits per heavy atom. The van der Waals surface area contributed by atoms with Crippen LogP contribution in [0.4, 0.5) is 10.5 Å². The van der Waals surface area contributed by atoms with Gasteiger partial charge < -0.3 is 21.3 Å². The quantitative estimate of drug-likeness (QED) is 0.0463. The number of rotatable bonds is 20. The Morgan fingerprint density at radius 2 is 1.00 bits per heavy atom. The molecule has 0 fully saturated rings. The third-order valence-corrected chi connectivity index (χ3v) is 7.63. The van der Waals surface area contributed by atoms with E-state index in [9.17, 15) is 44.4 Å². The van der Waals surface area contributed by atoms with Crippen LogP contribution in [0.2, 0.25) is 0 Å². The van der Waals surface area contributed by atoms with Crippen molar-refractivity contribution >= 4 is 41.3 Å². The summed E-state index contributed by atoms with van der Waals surface area (Å²) in [6, 6.07) is 7.86. The minimum atomic E-state index is -1.51. The molecule has 0 radical (unpaired) electrons. The molecule has 16 nitrogen and oxygen atoms in total. The number of hydrogen-bond acceptors (Lipinski definition) is 9. The van der Waals surface area contributed by atoms with Crippen LogP contribution in [-0.2, 0) is 24.0 Å². The van der Waals surface area contributed by atoms with Gasteiger partial charge in [-0.15, -0.1) is 0 Å². The lowest BCUT2D eigenvalue weighted by atomic mass is 10.1. The molecule has 0 aliphatic heterocycles. The van der Waals surface area contributed by atoms with Crippen molar-refractivity contribution < 1.29 is 44.4 Å². The lowest BCUT2D eigenvalue weighted by Gasteiger charge is -2.32. The maximum absolute atomic E-state index is 13.2. The molecule has 7 N–H and O–H groups in total. The number of carbonyl (C=O) groups excluding carboxylic acids is 6. The predicted octanol–water partition coefficient (Wildman–Crippen LogP) is 3.53. The van der Waals surface area contributed by atoms with Gasteiger partial charge in [0, 0.05) is 12.6 Å². The number of nitrogens with one attached hydrogen (secondary N) is 4. The molecular weight excluding hydrogens is 626 g/mol. The van der Waals surface area contributed by atoms with Crippen molar-refractivity contribution in [2.24, 2.45) is 11.8 Å². The molecule has 5 unspecified atom stereocenters. The van der Waals surface area contributed by atoms with E-state index >= 15 is 0 Å². The van der Waals surface area contributed by atoms with Gasteiger partial charge in [0.15, 0.2) is 0 Å². The molecule has 0 bridgehead atoms. The van der Waals surface area contributed by atoms with Gasteiger partial charge in [-0.2, -0.15) is 0 Å². The predicted molar refractivity (Wildman–Crippen MR) is 175 cm³/mol. The monoisotopic (exact) mass is 679 g/mol. The Morgan fingerprint density at radius 3 is 1.38 bits per heavy atom. The maximum atomic E-state index is 13.2. The van der Waals surface area contributed by atoms with Gasteiger partial charge in [-0.25, -0.2) is 20.0 Å². The standard InChI is InChI=1S/C32H53N7O9/c1-7-10-18-25(37(46)23(6)40)34-28(41)21(4)30(43)38(47)26(19-11-8-2)35-29(42)22(5)31(44)39(48)27(20-12-9-3)36-32(45)33-24-16-14-13-15-17-24/h13-17,21-22,25-27,46-48H,7-12,18-20H2,1-6H3,(H,34,41)(H,35,42)(H2,33,36,45). The first-order valence-corrected chi connectivity index (χ1v) is 16.5. The highest BCUT2D eigenvalue weighted by atomic mass is 16.5. The molecule has 1 aromatic rings. The van der Waals surface area contributed by atoms with Crippen molar-refractivity contribution in [3.63, 3.8) is 0 Å². The number of carbonyl (C=O) groups is 6. The highest BCUT2D eigenvalue weighted by molar-refractivity contribution is 6.01. The Kier molecular flexibility index (Phi) is 18.8. The first-order chi connectivity index (χ1) is 22.7. The summed E-state index contributed by atoms with van der Waals surface area (Å²) in [7, 11) is 0. The smallest absolute Gasteiger partial charge is 0.320 e. The molecule has 0 heterocycles. The minimum absolute atomic E-state index is 0.0663. The summed E-state index contributed by atoms with van der Waals surface area (Å²) in [5.41, 5.74) is 0.489. The molecule has 16 heteroatoms. The largest absolute Gasteiger partial charge is 0.333 e. The third-order valence-electron chi connectivity index (χ3n) is 7.63. The highest BCUT2D eigenvalue weighted by Gasteiger charge is 2.36. The van der Waals surface area contributed by atoms with Gasteiger partial charge >= 0.3 is 6.03 Å². The van der Waals surface area contributed by atoms with Gasteiger partial charge in [-0.1, -0.05) is 58.2 Å². The maximum Gasteiger partial charge on any atom is 0.320 e. The van der Waals surface area contributed by atoms with E-state index in [2.05, 4.69) is 21.3 Å². The SMILES string of the molecule is CCCCC(NC(=O)C(C)C(=O)N(O)C(CCCC)NC(=O)C(C)C(=O)N(O)C(CCCC)NC(=O)Nc1ccccc1)N(O)C(C)=O. The van der Waals surface area contributed by atoms with Gasteiger partial charge in [0.2, 0.25) is 17.7 Å². The molecule has 270 valence electrons. The Labute approximate surface area is 282 Å². The van der Waals surface area contributed by atoms with E-state index in [1.165, 1.54) is 13.8 Å². The van der Waals surface area contributed by atoms with Crippen LogP contribution in [0.5, 0.6) is 0 Å². The van der Waals surface area contributed by atoms with Gasteiger partial charge in [0.1, 0.15) is 30.3 Å². The van der Waals surface area contributed by atoms with Crippen LogP contribution in [0, 0.1) is 11.8 Å². The Balaban J connectivity index is 3.02. The fourth-order valence-electron chi connectivity index (χ4n) is 4.53. The van der Waals surface area contributed by atoms with Crippen molar-refractivity contribution in [1.82, 2.24) is 31.1 Å². The summed E-state index contributed by atoms with van der Waals surface area (Å²) in [5.74, 6) is -7.62. The number of nitrogens with zero attached hydrogens (tertiary/aromatic N) is 3. The van der Waals surface area contributed by atoms with E-state index in [4.69, 9.17) is 0 Å². The van der Waals surface area contributed by atoms with Gasteiger partial charge in [-0.3, -0.25) is 39.6 Å². The van der Waals surface area contributed by atoms with Crippen LogP contribution in [0.25, 0.3) is 0 Å². The average Bonchev–Trinajstić information content (AvgIpc) is 3.07. The number of para-hydroxylation sites is 1. The van der Waals surface area contributed by atoms with Crippen LogP contribution in [0.1, 0.15) is 99.3 Å². The average molecular weight is 680 g/mol. The fourth-order valence-corrected chi connectivity index (χ4v) is 4.53. The molecule has 1 aromatic carbocycles. The second-order valence-corrected chi connectivity index (χ2v) is 11.6. The van der Waals surface area contributed by atoms with E-state index in [-0.39, 0.29) is 24.3 Å². The zero-order valence-corrected chi connectivity index (χ0v) is 28.8. The molecule has 0 aliphatic carbocycles. The lowest BCUT2D eigenvalue weighted by Crippen LogP contribution is -2.57. The molecular formula is C32H53N7O9. The molecule has 0 saturated heterocycles. The van der Waals surface area contributed by atoms with Crippen LogP contribution in [0.3, 0.4) is 0 Å². The Hall–Kier alpha value is -4.28. The first-order valence-electron chi connectivity index (χ1n) is 16.5. The normalized spacial score (nSPS) is 13.9. The van der Waals surface area contributed by atoms with Crippen LogP contribution in [-0.4, -0.2) is 84.9 Å². The van der Waals surface area contributed by atoms with E-state index in [0.717, 1.165) is 6.92 Å². The summed E-state index contributed by atoms with van der Waals surface area (Å²) in [6.45, 7) is 9.18. The summed E-state index contributed by atoms with van der Waals surface area (Å²) in [5, 5.41) is 42.7. The summed E-state index contributed by atoms with van der Waals surface area (Å²) in [4.78, 5) is 76.8. The molecule has 0 aromatic heterocycles. The van der Waals surface area contributed by atoms with E-state index < -0.39 is 65.9 Å². The number of anilines is 1. The van der Waals surface area contributed by atoms with Gasteiger partial charge in [0.25, 0.3) is 11.8 Å². The minimum Gasteiger partial charge on any atom is -0.333 e. The Bertz CT molecular complexity index is 1200. The molecule has 7 amide bonds. The number of benzene rings is 1. The summed E-state index contributed by atoms with van der Waals surface area (Å²) in [6.07, 6.45) is 0.452. The molecule has 1 rings (SSSR count). The lowest BCUT2D eigenvalue weighted by molar-refractivity contribution is -0.189.